The zero-order chi connectivity index (χ0) is 10.6. The smallest absolute Gasteiger partial charge is 0.142 e. The van der Waals surface area contributed by atoms with Gasteiger partial charge in [-0.05, 0) is 24.6 Å². The molecule has 1 rings (SSSR count). The lowest BCUT2D eigenvalue weighted by molar-refractivity contribution is 0.589. The van der Waals surface area contributed by atoms with E-state index in [0.717, 1.165) is 10.9 Å². The monoisotopic (exact) mass is 279 g/mol. The maximum absolute atomic E-state index is 13.0. The van der Waals surface area contributed by atoms with Crippen molar-refractivity contribution in [3.05, 3.63) is 34.6 Å². The minimum absolute atomic E-state index is 0.169. The number of alkyl halides is 1. The van der Waals surface area contributed by atoms with Crippen molar-refractivity contribution < 1.29 is 4.39 Å². The van der Waals surface area contributed by atoms with Crippen LogP contribution in [0.2, 0.25) is 5.02 Å². The highest BCUT2D eigenvalue weighted by atomic mass is 79.9. The van der Waals surface area contributed by atoms with Crippen LogP contribution < -0.4 is 5.32 Å². The van der Waals surface area contributed by atoms with E-state index < -0.39 is 0 Å². The Kier molecular flexibility index (Phi) is 4.85. The maximum atomic E-state index is 13.0. The van der Waals surface area contributed by atoms with Gasteiger partial charge in [0, 0.05) is 17.9 Å². The first-order valence-electron chi connectivity index (χ1n) is 4.36. The normalized spacial score (nSPS) is 12.9. The predicted octanol–water partition coefficient (Wildman–Crippen LogP) is 3.35. The van der Waals surface area contributed by atoms with Crippen LogP contribution in [-0.4, -0.2) is 11.4 Å². The van der Waals surface area contributed by atoms with Gasteiger partial charge in [0.25, 0.3) is 0 Å². The second kappa shape index (κ2) is 5.69. The standard InChI is InChI=1S/C10H12BrClFN/c1-7(5-11)14-6-8-2-3-9(12)10(13)4-8/h2-4,7,14H,5-6H2,1H3. The summed E-state index contributed by atoms with van der Waals surface area (Å²) < 4.78 is 13.0. The Bertz CT molecular complexity index is 306. The quantitative estimate of drug-likeness (QED) is 0.834. The van der Waals surface area contributed by atoms with Gasteiger partial charge in [-0.15, -0.1) is 0 Å². The van der Waals surface area contributed by atoms with Gasteiger partial charge in [0.2, 0.25) is 0 Å². The molecule has 1 unspecified atom stereocenters. The van der Waals surface area contributed by atoms with E-state index in [1.807, 2.05) is 6.07 Å². The average Bonchev–Trinajstić information content (AvgIpc) is 2.19. The summed E-state index contributed by atoms with van der Waals surface area (Å²) in [6.45, 7) is 2.71. The van der Waals surface area contributed by atoms with E-state index in [0.29, 0.717) is 12.6 Å². The van der Waals surface area contributed by atoms with Crippen molar-refractivity contribution in [1.29, 1.82) is 0 Å². The van der Waals surface area contributed by atoms with Gasteiger partial charge in [0.15, 0.2) is 0 Å². The summed E-state index contributed by atoms with van der Waals surface area (Å²) in [6, 6.07) is 5.22. The lowest BCUT2D eigenvalue weighted by Gasteiger charge is -2.10. The van der Waals surface area contributed by atoms with Crippen molar-refractivity contribution in [2.45, 2.75) is 19.5 Å². The lowest BCUT2D eigenvalue weighted by atomic mass is 10.2. The van der Waals surface area contributed by atoms with Crippen LogP contribution in [0.15, 0.2) is 18.2 Å². The summed E-state index contributed by atoms with van der Waals surface area (Å²) in [4.78, 5) is 0. The number of rotatable bonds is 4. The minimum Gasteiger partial charge on any atom is -0.309 e. The molecule has 14 heavy (non-hydrogen) atoms. The van der Waals surface area contributed by atoms with E-state index in [4.69, 9.17) is 11.6 Å². The van der Waals surface area contributed by atoms with E-state index in [9.17, 15) is 4.39 Å². The van der Waals surface area contributed by atoms with Crippen LogP contribution in [0.1, 0.15) is 12.5 Å². The van der Waals surface area contributed by atoms with Gasteiger partial charge in [-0.3, -0.25) is 0 Å². The van der Waals surface area contributed by atoms with Crippen molar-refractivity contribution in [3.63, 3.8) is 0 Å². The van der Waals surface area contributed by atoms with E-state index >= 15 is 0 Å². The first kappa shape index (κ1) is 12.0. The summed E-state index contributed by atoms with van der Waals surface area (Å²) in [5, 5.41) is 4.29. The van der Waals surface area contributed by atoms with Gasteiger partial charge in [-0.2, -0.15) is 0 Å². The molecule has 1 N–H and O–H groups in total. The third-order valence-corrected chi connectivity index (χ3v) is 3.15. The molecule has 0 aliphatic rings. The molecule has 0 radical (unpaired) electrons. The Balaban J connectivity index is 2.55. The Morgan fingerprint density at radius 2 is 2.29 bits per heavy atom. The molecule has 0 spiro atoms. The Morgan fingerprint density at radius 3 is 2.86 bits per heavy atom. The fraction of sp³-hybridized carbons (Fsp3) is 0.400. The summed E-state index contributed by atoms with van der Waals surface area (Å²) in [5.74, 6) is -0.363. The SMILES string of the molecule is CC(CBr)NCc1ccc(Cl)c(F)c1. The van der Waals surface area contributed by atoms with Gasteiger partial charge in [-0.25, -0.2) is 4.39 Å². The van der Waals surface area contributed by atoms with Crippen LogP contribution >= 0.6 is 27.5 Å². The Labute approximate surface area is 96.8 Å². The second-order valence-corrected chi connectivity index (χ2v) is 4.24. The fourth-order valence-corrected chi connectivity index (χ4v) is 1.34. The highest BCUT2D eigenvalue weighted by Crippen LogP contribution is 2.15. The molecule has 0 aliphatic carbocycles. The first-order chi connectivity index (χ1) is 6.63. The molecule has 1 aromatic rings. The molecule has 0 fully saturated rings. The van der Waals surface area contributed by atoms with E-state index in [-0.39, 0.29) is 10.8 Å². The molecular formula is C10H12BrClFN. The molecule has 0 saturated heterocycles. The summed E-state index contributed by atoms with van der Waals surface area (Å²) in [5.41, 5.74) is 0.903. The van der Waals surface area contributed by atoms with Crippen LogP contribution in [0.4, 0.5) is 4.39 Å². The Morgan fingerprint density at radius 1 is 1.57 bits per heavy atom. The molecule has 0 amide bonds. The van der Waals surface area contributed by atoms with Gasteiger partial charge in [0.1, 0.15) is 5.82 Å². The van der Waals surface area contributed by atoms with Crippen LogP contribution in [0.25, 0.3) is 0 Å². The summed E-state index contributed by atoms with van der Waals surface area (Å²) in [6.07, 6.45) is 0. The number of hydrogen-bond acceptors (Lipinski definition) is 1. The van der Waals surface area contributed by atoms with Crippen LogP contribution in [-0.2, 0) is 6.54 Å². The maximum Gasteiger partial charge on any atom is 0.142 e. The predicted molar refractivity (Wildman–Crippen MR) is 61.5 cm³/mol. The van der Waals surface area contributed by atoms with Gasteiger partial charge < -0.3 is 5.32 Å². The zero-order valence-electron chi connectivity index (χ0n) is 7.86. The number of benzene rings is 1. The molecule has 0 aliphatic heterocycles. The highest BCUT2D eigenvalue weighted by Gasteiger charge is 2.02. The van der Waals surface area contributed by atoms with Crippen molar-refractivity contribution in [2.75, 3.05) is 5.33 Å². The van der Waals surface area contributed by atoms with Crippen molar-refractivity contribution in [2.24, 2.45) is 0 Å². The average molecular weight is 281 g/mol. The minimum atomic E-state index is -0.363. The fourth-order valence-electron chi connectivity index (χ4n) is 0.996. The molecule has 0 heterocycles. The number of nitrogens with one attached hydrogen (secondary N) is 1. The number of hydrogen-bond donors (Lipinski definition) is 1. The second-order valence-electron chi connectivity index (χ2n) is 3.18. The topological polar surface area (TPSA) is 12.0 Å². The van der Waals surface area contributed by atoms with Gasteiger partial charge in [0.05, 0.1) is 5.02 Å². The van der Waals surface area contributed by atoms with E-state index in [1.54, 1.807) is 6.07 Å². The Hall–Kier alpha value is -0.120. The molecule has 0 saturated carbocycles. The van der Waals surface area contributed by atoms with Gasteiger partial charge >= 0.3 is 0 Å². The number of halogens is 3. The zero-order valence-corrected chi connectivity index (χ0v) is 10.2. The molecule has 1 aromatic carbocycles. The summed E-state index contributed by atoms with van der Waals surface area (Å²) >= 11 is 8.92. The van der Waals surface area contributed by atoms with Crippen LogP contribution in [0.5, 0.6) is 0 Å². The molecular weight excluding hydrogens is 268 g/mol. The third-order valence-electron chi connectivity index (χ3n) is 1.87. The van der Waals surface area contributed by atoms with E-state index in [2.05, 4.69) is 28.2 Å². The molecule has 1 atom stereocenters. The van der Waals surface area contributed by atoms with Crippen LogP contribution in [0, 0.1) is 5.82 Å². The largest absolute Gasteiger partial charge is 0.309 e. The third kappa shape index (κ3) is 3.56. The van der Waals surface area contributed by atoms with E-state index in [1.165, 1.54) is 6.07 Å². The molecule has 0 bridgehead atoms. The lowest BCUT2D eigenvalue weighted by Crippen LogP contribution is -2.26. The van der Waals surface area contributed by atoms with Crippen molar-refractivity contribution >= 4 is 27.5 Å². The van der Waals surface area contributed by atoms with Crippen LogP contribution in [0.3, 0.4) is 0 Å². The molecule has 78 valence electrons. The van der Waals surface area contributed by atoms with Gasteiger partial charge in [-0.1, -0.05) is 33.6 Å². The van der Waals surface area contributed by atoms with Crippen molar-refractivity contribution in [3.8, 4) is 0 Å². The van der Waals surface area contributed by atoms with Crippen molar-refractivity contribution in [1.82, 2.24) is 5.32 Å². The molecule has 4 heteroatoms. The molecule has 1 nitrogen and oxygen atoms in total. The highest BCUT2D eigenvalue weighted by molar-refractivity contribution is 9.09. The molecule has 0 aromatic heterocycles. The summed E-state index contributed by atoms with van der Waals surface area (Å²) in [7, 11) is 0. The first-order valence-corrected chi connectivity index (χ1v) is 5.86.